The minimum atomic E-state index is -0.735. The molecule has 1 heterocycles. The number of benzene rings is 1. The monoisotopic (exact) mass is 174 g/mol. The lowest BCUT2D eigenvalue weighted by atomic mass is 9.93. The van der Waals surface area contributed by atoms with E-state index in [4.69, 9.17) is 0 Å². The van der Waals surface area contributed by atoms with Gasteiger partial charge in [-0.15, -0.1) is 0 Å². The molecule has 1 N–H and O–H groups in total. The van der Waals surface area contributed by atoms with Gasteiger partial charge in [-0.05, 0) is 12.5 Å². The summed E-state index contributed by atoms with van der Waals surface area (Å²) < 4.78 is 0. The van der Waals surface area contributed by atoms with Gasteiger partial charge in [0.05, 0.1) is 6.34 Å². The standard InChI is InChI=1S/C10H10N2O/c1-10(9(13)11-7-12-10)8-5-3-2-4-6-8/h2-7H,1H3,(H,11,12,13). The number of hydrogen-bond acceptors (Lipinski definition) is 2. The molecule has 0 saturated carbocycles. The van der Waals surface area contributed by atoms with Crippen LogP contribution in [0.3, 0.4) is 0 Å². The Balaban J connectivity index is 2.46. The first-order chi connectivity index (χ1) is 6.23. The third-order valence-corrected chi connectivity index (χ3v) is 2.30. The molecule has 13 heavy (non-hydrogen) atoms. The van der Waals surface area contributed by atoms with E-state index in [1.165, 1.54) is 6.34 Å². The predicted molar refractivity (Wildman–Crippen MR) is 50.4 cm³/mol. The van der Waals surface area contributed by atoms with Gasteiger partial charge < -0.3 is 5.32 Å². The van der Waals surface area contributed by atoms with Gasteiger partial charge in [0.2, 0.25) is 0 Å². The predicted octanol–water partition coefficient (Wildman–Crippen LogP) is 1.06. The average Bonchev–Trinajstić information content (AvgIpc) is 2.50. The van der Waals surface area contributed by atoms with Crippen molar-refractivity contribution in [3.8, 4) is 0 Å². The van der Waals surface area contributed by atoms with Gasteiger partial charge in [0.15, 0.2) is 5.54 Å². The molecule has 1 unspecified atom stereocenters. The second-order valence-electron chi connectivity index (χ2n) is 3.17. The number of carbonyl (C=O) groups excluding carboxylic acids is 1. The number of rotatable bonds is 1. The van der Waals surface area contributed by atoms with Crippen molar-refractivity contribution in [1.82, 2.24) is 5.32 Å². The van der Waals surface area contributed by atoms with Crippen LogP contribution in [0.2, 0.25) is 0 Å². The quantitative estimate of drug-likeness (QED) is 0.679. The van der Waals surface area contributed by atoms with Crippen LogP contribution in [0.15, 0.2) is 35.3 Å². The van der Waals surface area contributed by atoms with Gasteiger partial charge in [0.1, 0.15) is 0 Å². The second-order valence-corrected chi connectivity index (χ2v) is 3.17. The maximum Gasteiger partial charge on any atom is 0.257 e. The van der Waals surface area contributed by atoms with Crippen molar-refractivity contribution < 1.29 is 4.79 Å². The minimum Gasteiger partial charge on any atom is -0.315 e. The van der Waals surface area contributed by atoms with Gasteiger partial charge >= 0.3 is 0 Å². The lowest BCUT2D eigenvalue weighted by molar-refractivity contribution is -0.123. The smallest absolute Gasteiger partial charge is 0.257 e. The van der Waals surface area contributed by atoms with Crippen LogP contribution in [0, 0.1) is 0 Å². The Morgan fingerprint density at radius 1 is 1.31 bits per heavy atom. The minimum absolute atomic E-state index is 0.0706. The van der Waals surface area contributed by atoms with E-state index in [2.05, 4.69) is 10.3 Å². The topological polar surface area (TPSA) is 41.5 Å². The molecule has 0 bridgehead atoms. The highest BCUT2D eigenvalue weighted by molar-refractivity contribution is 6.00. The maximum atomic E-state index is 11.5. The highest BCUT2D eigenvalue weighted by Crippen LogP contribution is 2.26. The molecule has 3 heteroatoms. The molecule has 66 valence electrons. The number of amides is 1. The van der Waals surface area contributed by atoms with Crippen molar-refractivity contribution >= 4 is 12.2 Å². The van der Waals surface area contributed by atoms with Gasteiger partial charge in [0, 0.05) is 0 Å². The molecule has 0 spiro atoms. The van der Waals surface area contributed by atoms with Gasteiger partial charge in [-0.1, -0.05) is 30.3 Å². The molecule has 0 radical (unpaired) electrons. The third-order valence-electron chi connectivity index (χ3n) is 2.30. The fraction of sp³-hybridized carbons (Fsp3) is 0.200. The van der Waals surface area contributed by atoms with E-state index in [1.807, 2.05) is 30.3 Å². The third kappa shape index (κ3) is 1.13. The number of aliphatic imine (C=N–C) groups is 1. The highest BCUT2D eigenvalue weighted by Gasteiger charge is 2.36. The molecular weight excluding hydrogens is 164 g/mol. The molecule has 3 nitrogen and oxygen atoms in total. The summed E-state index contributed by atoms with van der Waals surface area (Å²) in [6.07, 6.45) is 1.45. The molecule has 0 saturated heterocycles. The first kappa shape index (κ1) is 7.98. The molecule has 1 aromatic carbocycles. The molecular formula is C10H10N2O. The fourth-order valence-corrected chi connectivity index (χ4v) is 1.39. The Bertz CT molecular complexity index is 358. The summed E-state index contributed by atoms with van der Waals surface area (Å²) in [5.74, 6) is -0.0706. The SMILES string of the molecule is CC1(c2ccccc2)N=CNC1=O. The van der Waals surface area contributed by atoms with E-state index in [0.29, 0.717) is 0 Å². The van der Waals surface area contributed by atoms with Gasteiger partial charge in [-0.25, -0.2) is 0 Å². The Kier molecular flexibility index (Phi) is 1.65. The summed E-state index contributed by atoms with van der Waals surface area (Å²) in [4.78, 5) is 15.6. The maximum absolute atomic E-state index is 11.5. The molecule has 1 aliphatic heterocycles. The fourth-order valence-electron chi connectivity index (χ4n) is 1.39. The zero-order chi connectivity index (χ0) is 9.31. The Labute approximate surface area is 76.5 Å². The Morgan fingerprint density at radius 3 is 2.54 bits per heavy atom. The first-order valence-corrected chi connectivity index (χ1v) is 4.14. The van der Waals surface area contributed by atoms with Crippen molar-refractivity contribution in [2.75, 3.05) is 0 Å². The van der Waals surface area contributed by atoms with Gasteiger partial charge in [-0.3, -0.25) is 9.79 Å². The molecule has 0 fully saturated rings. The van der Waals surface area contributed by atoms with Crippen molar-refractivity contribution in [2.45, 2.75) is 12.5 Å². The van der Waals surface area contributed by atoms with Crippen LogP contribution >= 0.6 is 0 Å². The largest absolute Gasteiger partial charge is 0.315 e. The number of nitrogens with zero attached hydrogens (tertiary/aromatic N) is 1. The van der Waals surface area contributed by atoms with Crippen molar-refractivity contribution in [1.29, 1.82) is 0 Å². The number of nitrogens with one attached hydrogen (secondary N) is 1. The van der Waals surface area contributed by atoms with Crippen LogP contribution in [-0.2, 0) is 10.3 Å². The van der Waals surface area contributed by atoms with E-state index in [9.17, 15) is 4.79 Å². The summed E-state index contributed by atoms with van der Waals surface area (Å²) in [5, 5.41) is 2.58. The molecule has 1 amide bonds. The summed E-state index contributed by atoms with van der Waals surface area (Å²) in [6.45, 7) is 1.81. The van der Waals surface area contributed by atoms with Crippen molar-refractivity contribution in [3.63, 3.8) is 0 Å². The van der Waals surface area contributed by atoms with E-state index >= 15 is 0 Å². The van der Waals surface area contributed by atoms with Crippen LogP contribution < -0.4 is 5.32 Å². The van der Waals surface area contributed by atoms with Crippen LogP contribution in [0.5, 0.6) is 0 Å². The zero-order valence-electron chi connectivity index (χ0n) is 7.32. The highest BCUT2D eigenvalue weighted by atomic mass is 16.2. The van der Waals surface area contributed by atoms with Crippen LogP contribution in [0.1, 0.15) is 12.5 Å². The molecule has 1 atom stereocenters. The molecule has 2 rings (SSSR count). The molecule has 1 aliphatic rings. The van der Waals surface area contributed by atoms with Crippen LogP contribution in [-0.4, -0.2) is 12.2 Å². The Morgan fingerprint density at radius 2 is 2.00 bits per heavy atom. The average molecular weight is 174 g/mol. The number of hydrogen-bond donors (Lipinski definition) is 1. The summed E-state index contributed by atoms with van der Waals surface area (Å²) in [7, 11) is 0. The lowest BCUT2D eigenvalue weighted by Crippen LogP contribution is -2.33. The van der Waals surface area contributed by atoms with E-state index < -0.39 is 5.54 Å². The van der Waals surface area contributed by atoms with Crippen LogP contribution in [0.4, 0.5) is 0 Å². The summed E-state index contributed by atoms with van der Waals surface area (Å²) >= 11 is 0. The van der Waals surface area contributed by atoms with Crippen molar-refractivity contribution in [3.05, 3.63) is 35.9 Å². The molecule has 0 aromatic heterocycles. The van der Waals surface area contributed by atoms with E-state index in [-0.39, 0.29) is 5.91 Å². The van der Waals surface area contributed by atoms with Crippen molar-refractivity contribution in [2.24, 2.45) is 4.99 Å². The lowest BCUT2D eigenvalue weighted by Gasteiger charge is -2.17. The van der Waals surface area contributed by atoms with Gasteiger partial charge in [-0.2, -0.15) is 0 Å². The van der Waals surface area contributed by atoms with E-state index in [0.717, 1.165) is 5.56 Å². The second kappa shape index (κ2) is 2.69. The van der Waals surface area contributed by atoms with E-state index in [1.54, 1.807) is 6.92 Å². The zero-order valence-corrected chi connectivity index (χ0v) is 7.32. The van der Waals surface area contributed by atoms with Gasteiger partial charge in [0.25, 0.3) is 5.91 Å². The number of carbonyl (C=O) groups is 1. The normalized spacial score (nSPS) is 26.1. The summed E-state index contributed by atoms with van der Waals surface area (Å²) in [5.41, 5.74) is 0.183. The van der Waals surface area contributed by atoms with Crippen LogP contribution in [0.25, 0.3) is 0 Å². The molecule has 0 aliphatic carbocycles. The molecule has 1 aromatic rings. The summed E-state index contributed by atoms with van der Waals surface area (Å²) in [6, 6.07) is 9.54. The first-order valence-electron chi connectivity index (χ1n) is 4.14. The Hall–Kier alpha value is -1.64.